The second kappa shape index (κ2) is 8.68. The maximum Gasteiger partial charge on any atom is 0.418 e. The van der Waals surface area contributed by atoms with Crippen LogP contribution in [0.1, 0.15) is 31.2 Å². The molecule has 1 aromatic rings. The quantitative estimate of drug-likeness (QED) is 0.785. The van der Waals surface area contributed by atoms with Gasteiger partial charge in [0, 0.05) is 56.8 Å². The van der Waals surface area contributed by atoms with E-state index in [1.54, 1.807) is 11.0 Å². The molecule has 170 valence electrons. The van der Waals surface area contributed by atoms with Crippen molar-refractivity contribution in [2.45, 2.75) is 31.9 Å². The van der Waals surface area contributed by atoms with Crippen molar-refractivity contribution >= 4 is 23.2 Å². The summed E-state index contributed by atoms with van der Waals surface area (Å²) in [5, 5.41) is 2.51. The third-order valence-electron chi connectivity index (χ3n) is 6.54. The van der Waals surface area contributed by atoms with Crippen LogP contribution >= 0.6 is 0 Å². The number of likely N-dealkylation sites (tertiary alicyclic amines) is 1. The average molecular weight is 438 g/mol. The van der Waals surface area contributed by atoms with Gasteiger partial charge in [-0.2, -0.15) is 13.2 Å². The molecule has 3 fully saturated rings. The number of likely N-dealkylation sites (N-methyl/N-ethyl adjacent to an activating group) is 1. The number of amides is 2. The summed E-state index contributed by atoms with van der Waals surface area (Å²) in [6, 6.07) is 4.14. The SMILES string of the molecule is CN1CCN(c2ccc(NC(=O)C3CCN(C(=O)C4CC4)CC3)c(C(F)(F)F)c2)CC1. The molecule has 1 aromatic carbocycles. The van der Waals surface area contributed by atoms with Gasteiger partial charge in [0.2, 0.25) is 11.8 Å². The molecule has 0 atom stereocenters. The number of hydrogen-bond acceptors (Lipinski definition) is 4. The van der Waals surface area contributed by atoms with Crippen LogP contribution in [0.15, 0.2) is 18.2 Å². The Morgan fingerprint density at radius 3 is 2.16 bits per heavy atom. The highest BCUT2D eigenvalue weighted by Gasteiger charge is 2.38. The minimum absolute atomic E-state index is 0.138. The van der Waals surface area contributed by atoms with Gasteiger partial charge in [-0.1, -0.05) is 0 Å². The van der Waals surface area contributed by atoms with Crippen molar-refractivity contribution < 1.29 is 22.8 Å². The van der Waals surface area contributed by atoms with Crippen LogP contribution in [-0.2, 0) is 15.8 Å². The van der Waals surface area contributed by atoms with Crippen molar-refractivity contribution in [2.75, 3.05) is 56.5 Å². The Kier molecular flexibility index (Phi) is 6.14. The largest absolute Gasteiger partial charge is 0.418 e. The summed E-state index contributed by atoms with van der Waals surface area (Å²) < 4.78 is 41.2. The van der Waals surface area contributed by atoms with E-state index in [0.29, 0.717) is 44.7 Å². The monoisotopic (exact) mass is 438 g/mol. The van der Waals surface area contributed by atoms with Crippen LogP contribution in [0.3, 0.4) is 0 Å². The third kappa shape index (κ3) is 5.14. The van der Waals surface area contributed by atoms with E-state index >= 15 is 0 Å². The summed E-state index contributed by atoms with van der Waals surface area (Å²) in [5.41, 5.74) is -0.504. The highest BCUT2D eigenvalue weighted by atomic mass is 19.4. The number of alkyl halides is 3. The number of benzene rings is 1. The number of hydrogen-bond donors (Lipinski definition) is 1. The molecule has 0 spiro atoms. The van der Waals surface area contributed by atoms with Gasteiger partial charge in [0.1, 0.15) is 0 Å². The van der Waals surface area contributed by atoms with E-state index in [9.17, 15) is 22.8 Å². The van der Waals surface area contributed by atoms with Crippen LogP contribution in [0.2, 0.25) is 0 Å². The summed E-state index contributed by atoms with van der Waals surface area (Å²) in [7, 11) is 1.99. The Bertz CT molecular complexity index is 825. The molecular formula is C22H29F3N4O2. The first-order chi connectivity index (χ1) is 14.7. The van der Waals surface area contributed by atoms with Gasteiger partial charge in [-0.25, -0.2) is 0 Å². The first-order valence-corrected chi connectivity index (χ1v) is 11.0. The molecule has 2 heterocycles. The molecule has 9 heteroatoms. The Morgan fingerprint density at radius 1 is 0.935 bits per heavy atom. The van der Waals surface area contributed by atoms with E-state index in [1.807, 2.05) is 11.9 Å². The first kappa shape index (κ1) is 21.9. The average Bonchev–Trinajstić information content (AvgIpc) is 3.59. The third-order valence-corrected chi connectivity index (χ3v) is 6.54. The maximum absolute atomic E-state index is 13.7. The second-order valence-corrected chi connectivity index (χ2v) is 8.88. The Balaban J connectivity index is 1.42. The van der Waals surface area contributed by atoms with Crippen LogP contribution < -0.4 is 10.2 Å². The summed E-state index contributed by atoms with van der Waals surface area (Å²) in [6.45, 7) is 3.89. The van der Waals surface area contributed by atoms with Crippen LogP contribution in [0.5, 0.6) is 0 Å². The van der Waals surface area contributed by atoms with Crippen molar-refractivity contribution in [3.8, 4) is 0 Å². The van der Waals surface area contributed by atoms with Crippen molar-refractivity contribution in [2.24, 2.45) is 11.8 Å². The molecule has 2 saturated heterocycles. The molecular weight excluding hydrogens is 409 g/mol. The molecule has 3 aliphatic rings. The number of carbonyl (C=O) groups is 2. The molecule has 1 N–H and O–H groups in total. The van der Waals surface area contributed by atoms with Crippen molar-refractivity contribution in [3.05, 3.63) is 23.8 Å². The highest BCUT2D eigenvalue weighted by Crippen LogP contribution is 2.38. The highest BCUT2D eigenvalue weighted by molar-refractivity contribution is 5.94. The standard InChI is InChI=1S/C22H29F3N4O2/c1-27-10-12-28(13-11-27)17-4-5-19(18(14-17)22(23,24)25)26-20(30)15-6-8-29(9-7-15)21(31)16-2-3-16/h4-5,14-16H,2-3,6-13H2,1H3,(H,26,30). The number of carbonyl (C=O) groups excluding carboxylic acids is 2. The predicted octanol–water partition coefficient (Wildman–Crippen LogP) is 3.04. The Labute approximate surface area is 180 Å². The van der Waals surface area contributed by atoms with Gasteiger partial charge in [0.25, 0.3) is 0 Å². The molecule has 0 bridgehead atoms. The first-order valence-electron chi connectivity index (χ1n) is 11.0. The molecule has 0 aromatic heterocycles. The number of anilines is 2. The smallest absolute Gasteiger partial charge is 0.369 e. The molecule has 4 rings (SSSR count). The van der Waals surface area contributed by atoms with Crippen LogP contribution in [0.4, 0.5) is 24.5 Å². The number of nitrogens with zero attached hydrogens (tertiary/aromatic N) is 3. The fourth-order valence-electron chi connectivity index (χ4n) is 4.32. The van der Waals surface area contributed by atoms with E-state index in [1.165, 1.54) is 6.07 Å². The lowest BCUT2D eigenvalue weighted by Gasteiger charge is -2.34. The van der Waals surface area contributed by atoms with Crippen LogP contribution in [-0.4, -0.2) is 67.9 Å². The molecule has 0 unspecified atom stereocenters. The molecule has 1 aliphatic carbocycles. The molecule has 2 aliphatic heterocycles. The van der Waals surface area contributed by atoms with Gasteiger partial charge in [0.05, 0.1) is 11.3 Å². The predicted molar refractivity (Wildman–Crippen MR) is 112 cm³/mol. The molecule has 6 nitrogen and oxygen atoms in total. The lowest BCUT2D eigenvalue weighted by atomic mass is 9.95. The van der Waals surface area contributed by atoms with Gasteiger partial charge in [0.15, 0.2) is 0 Å². The van der Waals surface area contributed by atoms with Crippen LogP contribution in [0.25, 0.3) is 0 Å². The fourth-order valence-corrected chi connectivity index (χ4v) is 4.32. The molecule has 2 amide bonds. The zero-order valence-corrected chi connectivity index (χ0v) is 17.7. The molecule has 0 radical (unpaired) electrons. The van der Waals surface area contributed by atoms with Crippen molar-refractivity contribution in [1.29, 1.82) is 0 Å². The number of halogens is 3. The van der Waals surface area contributed by atoms with Crippen LogP contribution in [0, 0.1) is 11.8 Å². The van der Waals surface area contributed by atoms with E-state index in [0.717, 1.165) is 32.0 Å². The van der Waals surface area contributed by atoms with Crippen molar-refractivity contribution in [3.63, 3.8) is 0 Å². The number of piperazine rings is 1. The van der Waals surface area contributed by atoms with E-state index < -0.39 is 17.6 Å². The number of nitrogens with one attached hydrogen (secondary N) is 1. The zero-order valence-electron chi connectivity index (χ0n) is 17.7. The second-order valence-electron chi connectivity index (χ2n) is 8.88. The lowest BCUT2D eigenvalue weighted by molar-refractivity contribution is -0.137. The minimum atomic E-state index is -4.56. The van der Waals surface area contributed by atoms with Gasteiger partial charge in [-0.15, -0.1) is 0 Å². The van der Waals surface area contributed by atoms with Gasteiger partial charge < -0.3 is 20.0 Å². The van der Waals surface area contributed by atoms with Crippen molar-refractivity contribution in [1.82, 2.24) is 9.80 Å². The summed E-state index contributed by atoms with van der Waals surface area (Å²) in [6.07, 6.45) is -1.74. The van der Waals surface area contributed by atoms with E-state index in [2.05, 4.69) is 10.2 Å². The van der Waals surface area contributed by atoms with Gasteiger partial charge in [-0.3, -0.25) is 9.59 Å². The maximum atomic E-state index is 13.7. The topological polar surface area (TPSA) is 55.9 Å². The Hall–Kier alpha value is -2.29. The van der Waals surface area contributed by atoms with Gasteiger partial charge >= 0.3 is 6.18 Å². The zero-order chi connectivity index (χ0) is 22.2. The normalized spacial score (nSPS) is 21.3. The fraction of sp³-hybridized carbons (Fsp3) is 0.636. The molecule has 31 heavy (non-hydrogen) atoms. The number of piperidine rings is 1. The van der Waals surface area contributed by atoms with E-state index in [4.69, 9.17) is 0 Å². The summed E-state index contributed by atoms with van der Waals surface area (Å²) >= 11 is 0. The summed E-state index contributed by atoms with van der Waals surface area (Å²) in [4.78, 5) is 30.7. The Morgan fingerprint density at radius 2 is 1.58 bits per heavy atom. The number of rotatable bonds is 4. The molecule has 1 saturated carbocycles. The van der Waals surface area contributed by atoms with E-state index in [-0.39, 0.29) is 23.4 Å². The summed E-state index contributed by atoms with van der Waals surface area (Å²) in [5.74, 6) is -0.505. The minimum Gasteiger partial charge on any atom is -0.369 e. The lowest BCUT2D eigenvalue weighted by Crippen LogP contribution is -2.44. The van der Waals surface area contributed by atoms with Gasteiger partial charge in [-0.05, 0) is 50.9 Å².